The number of rotatable bonds is 4. The van der Waals surface area contributed by atoms with E-state index >= 15 is 0 Å². The van der Waals surface area contributed by atoms with Gasteiger partial charge in [0.15, 0.2) is 0 Å². The van der Waals surface area contributed by atoms with Gasteiger partial charge in [-0.3, -0.25) is 0 Å². The van der Waals surface area contributed by atoms with Crippen molar-refractivity contribution in [1.82, 2.24) is 0 Å². The van der Waals surface area contributed by atoms with Crippen LogP contribution in [0.25, 0.3) is 0 Å². The van der Waals surface area contributed by atoms with E-state index in [1.165, 1.54) is 18.2 Å². The molecular formula is C15H14ClF2N. The Labute approximate surface area is 116 Å². The van der Waals surface area contributed by atoms with Gasteiger partial charge in [0.1, 0.15) is 17.3 Å². The number of hydrogen-bond acceptors (Lipinski definition) is 1. The Morgan fingerprint density at radius 3 is 2.16 bits per heavy atom. The summed E-state index contributed by atoms with van der Waals surface area (Å²) in [5.41, 5.74) is 0.846. The molecule has 0 aliphatic heterocycles. The molecule has 1 atom stereocenters. The third kappa shape index (κ3) is 3.24. The summed E-state index contributed by atoms with van der Waals surface area (Å²) in [6, 6.07) is 10.9. The Hall–Kier alpha value is -1.61. The van der Waals surface area contributed by atoms with E-state index in [0.717, 1.165) is 5.56 Å². The molecule has 0 aliphatic rings. The van der Waals surface area contributed by atoms with Crippen molar-refractivity contribution in [2.45, 2.75) is 19.4 Å². The summed E-state index contributed by atoms with van der Waals surface area (Å²) in [6.07, 6.45) is 0.704. The minimum atomic E-state index is -0.590. The molecule has 1 nitrogen and oxygen atoms in total. The van der Waals surface area contributed by atoms with Gasteiger partial charge in [-0.15, -0.1) is 0 Å². The number of benzene rings is 2. The molecule has 2 aromatic carbocycles. The molecule has 0 fully saturated rings. The average Bonchev–Trinajstić information content (AvgIpc) is 2.40. The third-order valence-electron chi connectivity index (χ3n) is 2.96. The summed E-state index contributed by atoms with van der Waals surface area (Å²) in [5, 5.41) is 3.54. The minimum Gasteiger partial charge on any atom is -0.374 e. The van der Waals surface area contributed by atoms with Crippen LogP contribution in [0.5, 0.6) is 0 Å². The molecule has 0 amide bonds. The van der Waals surface area contributed by atoms with Crippen LogP contribution in [0.3, 0.4) is 0 Å². The summed E-state index contributed by atoms with van der Waals surface area (Å²) < 4.78 is 27.2. The number of hydrogen-bond donors (Lipinski definition) is 1. The molecule has 2 rings (SSSR count). The van der Waals surface area contributed by atoms with Crippen LogP contribution in [-0.4, -0.2) is 0 Å². The second-order valence-corrected chi connectivity index (χ2v) is 4.69. The zero-order valence-corrected chi connectivity index (χ0v) is 11.2. The fourth-order valence-electron chi connectivity index (χ4n) is 1.93. The fraction of sp³-hybridized carbons (Fsp3) is 0.200. The van der Waals surface area contributed by atoms with Crippen LogP contribution < -0.4 is 5.32 Å². The van der Waals surface area contributed by atoms with Crippen LogP contribution in [-0.2, 0) is 0 Å². The van der Waals surface area contributed by atoms with Gasteiger partial charge >= 0.3 is 0 Å². The van der Waals surface area contributed by atoms with Crippen LogP contribution in [0.4, 0.5) is 14.5 Å². The van der Waals surface area contributed by atoms with Gasteiger partial charge in [0.2, 0.25) is 0 Å². The summed E-state index contributed by atoms with van der Waals surface area (Å²) >= 11 is 5.83. The Morgan fingerprint density at radius 1 is 1.05 bits per heavy atom. The summed E-state index contributed by atoms with van der Waals surface area (Å²) in [5.74, 6) is -1.18. The molecule has 1 N–H and O–H groups in total. The molecule has 0 heterocycles. The molecule has 2 aromatic rings. The van der Waals surface area contributed by atoms with E-state index in [0.29, 0.717) is 11.4 Å². The standard InChI is InChI=1S/C15H14ClF2N/c1-2-14(10-6-8-11(16)9-7-10)19-15-12(17)4-3-5-13(15)18/h3-9,14,19H,2H2,1H3. The summed E-state index contributed by atoms with van der Waals surface area (Å²) in [4.78, 5) is 0. The molecule has 0 radical (unpaired) electrons. The number of anilines is 1. The maximum absolute atomic E-state index is 13.6. The average molecular weight is 282 g/mol. The predicted octanol–water partition coefficient (Wildman–Crippen LogP) is 5.18. The minimum absolute atomic E-state index is 0.0932. The van der Waals surface area contributed by atoms with Gasteiger partial charge in [-0.05, 0) is 36.2 Å². The van der Waals surface area contributed by atoms with Gasteiger partial charge < -0.3 is 5.32 Å². The zero-order chi connectivity index (χ0) is 13.8. The lowest BCUT2D eigenvalue weighted by atomic mass is 10.0. The van der Waals surface area contributed by atoms with Gasteiger partial charge in [-0.25, -0.2) is 8.78 Å². The highest BCUT2D eigenvalue weighted by Crippen LogP contribution is 2.27. The van der Waals surface area contributed by atoms with E-state index in [2.05, 4.69) is 5.32 Å². The van der Waals surface area contributed by atoms with Gasteiger partial charge in [0, 0.05) is 5.02 Å². The van der Waals surface area contributed by atoms with Gasteiger partial charge in [-0.2, -0.15) is 0 Å². The van der Waals surface area contributed by atoms with Crippen LogP contribution in [0.15, 0.2) is 42.5 Å². The van der Waals surface area contributed by atoms with E-state index in [-0.39, 0.29) is 11.7 Å². The van der Waals surface area contributed by atoms with Gasteiger partial charge in [-0.1, -0.05) is 36.7 Å². The molecular weight excluding hydrogens is 268 g/mol. The first-order valence-corrected chi connectivity index (χ1v) is 6.45. The first-order valence-electron chi connectivity index (χ1n) is 6.08. The van der Waals surface area contributed by atoms with Crippen molar-refractivity contribution in [3.8, 4) is 0 Å². The van der Waals surface area contributed by atoms with E-state index in [1.54, 1.807) is 12.1 Å². The van der Waals surface area contributed by atoms with Crippen LogP contribution in [0, 0.1) is 11.6 Å². The summed E-state index contributed by atoms with van der Waals surface area (Å²) in [7, 11) is 0. The Kier molecular flexibility index (Phi) is 4.38. The molecule has 0 spiro atoms. The quantitative estimate of drug-likeness (QED) is 0.814. The highest BCUT2D eigenvalue weighted by molar-refractivity contribution is 6.30. The Morgan fingerprint density at radius 2 is 1.63 bits per heavy atom. The van der Waals surface area contributed by atoms with Crippen molar-refractivity contribution < 1.29 is 8.78 Å². The highest BCUT2D eigenvalue weighted by atomic mass is 35.5. The molecule has 0 bridgehead atoms. The number of halogens is 3. The topological polar surface area (TPSA) is 12.0 Å². The van der Waals surface area contributed by atoms with Crippen LogP contribution in [0.1, 0.15) is 24.9 Å². The Balaban J connectivity index is 2.26. The maximum Gasteiger partial charge on any atom is 0.149 e. The number of nitrogens with one attached hydrogen (secondary N) is 1. The van der Waals surface area contributed by atoms with Crippen molar-refractivity contribution in [2.75, 3.05) is 5.32 Å². The first-order chi connectivity index (χ1) is 9.11. The number of para-hydroxylation sites is 1. The first kappa shape index (κ1) is 13.8. The maximum atomic E-state index is 13.6. The van der Waals surface area contributed by atoms with Crippen LogP contribution in [0.2, 0.25) is 5.02 Å². The second kappa shape index (κ2) is 6.02. The Bertz CT molecular complexity index is 534. The lowest BCUT2D eigenvalue weighted by Crippen LogP contribution is -2.12. The van der Waals surface area contributed by atoms with Crippen LogP contribution >= 0.6 is 11.6 Å². The normalized spacial score (nSPS) is 12.2. The second-order valence-electron chi connectivity index (χ2n) is 4.25. The molecule has 4 heteroatoms. The summed E-state index contributed by atoms with van der Waals surface area (Å²) in [6.45, 7) is 1.95. The van der Waals surface area contributed by atoms with E-state index in [4.69, 9.17) is 11.6 Å². The van der Waals surface area contributed by atoms with Crippen molar-refractivity contribution in [3.05, 3.63) is 64.7 Å². The third-order valence-corrected chi connectivity index (χ3v) is 3.21. The molecule has 0 saturated heterocycles. The lowest BCUT2D eigenvalue weighted by molar-refractivity contribution is 0.581. The zero-order valence-electron chi connectivity index (χ0n) is 10.5. The molecule has 100 valence electrons. The fourth-order valence-corrected chi connectivity index (χ4v) is 2.05. The van der Waals surface area contributed by atoms with Crippen molar-refractivity contribution in [3.63, 3.8) is 0 Å². The SMILES string of the molecule is CCC(Nc1c(F)cccc1F)c1ccc(Cl)cc1. The lowest BCUT2D eigenvalue weighted by Gasteiger charge is -2.19. The van der Waals surface area contributed by atoms with Crippen molar-refractivity contribution in [1.29, 1.82) is 0 Å². The molecule has 0 saturated carbocycles. The highest BCUT2D eigenvalue weighted by Gasteiger charge is 2.14. The predicted molar refractivity (Wildman–Crippen MR) is 74.5 cm³/mol. The molecule has 1 unspecified atom stereocenters. The van der Waals surface area contributed by atoms with Crippen molar-refractivity contribution >= 4 is 17.3 Å². The van der Waals surface area contributed by atoms with E-state index in [9.17, 15) is 8.78 Å². The molecule has 19 heavy (non-hydrogen) atoms. The smallest absolute Gasteiger partial charge is 0.149 e. The monoisotopic (exact) mass is 281 g/mol. The van der Waals surface area contributed by atoms with Gasteiger partial charge in [0.25, 0.3) is 0 Å². The van der Waals surface area contributed by atoms with E-state index < -0.39 is 11.6 Å². The molecule has 0 aliphatic carbocycles. The largest absolute Gasteiger partial charge is 0.374 e. The molecule has 0 aromatic heterocycles. The van der Waals surface area contributed by atoms with Gasteiger partial charge in [0.05, 0.1) is 6.04 Å². The van der Waals surface area contributed by atoms with E-state index in [1.807, 2.05) is 19.1 Å². The van der Waals surface area contributed by atoms with Crippen molar-refractivity contribution in [2.24, 2.45) is 0 Å².